The molecule has 1 fully saturated rings. The number of nitrogens with zero attached hydrogens (tertiary/aromatic N) is 1. The Morgan fingerprint density at radius 1 is 1.25 bits per heavy atom. The molecule has 1 heterocycles. The summed E-state index contributed by atoms with van der Waals surface area (Å²) in [7, 11) is 0. The summed E-state index contributed by atoms with van der Waals surface area (Å²) in [6.07, 6.45) is 0. The topological polar surface area (TPSA) is 29.3 Å². The van der Waals surface area contributed by atoms with Crippen molar-refractivity contribution in [2.45, 2.75) is 45.4 Å². The van der Waals surface area contributed by atoms with Crippen molar-refractivity contribution < 1.29 is 0 Å². The van der Waals surface area contributed by atoms with Crippen LogP contribution in [-0.4, -0.2) is 35.0 Å². The summed E-state index contributed by atoms with van der Waals surface area (Å²) >= 11 is 2.08. The molecule has 1 aliphatic rings. The minimum absolute atomic E-state index is 0.332. The Morgan fingerprint density at radius 2 is 1.85 bits per heavy atom. The normalized spacial score (nSPS) is 20.9. The molecule has 0 bridgehead atoms. The summed E-state index contributed by atoms with van der Waals surface area (Å²) in [4.78, 5) is 2.58. The molecule has 1 unspecified atom stereocenters. The van der Waals surface area contributed by atoms with E-state index >= 15 is 0 Å². The van der Waals surface area contributed by atoms with Crippen LogP contribution in [0.2, 0.25) is 0 Å². The molecule has 0 radical (unpaired) electrons. The highest BCUT2D eigenvalue weighted by Gasteiger charge is 2.32. The largest absolute Gasteiger partial charge is 0.329 e. The van der Waals surface area contributed by atoms with Crippen molar-refractivity contribution in [3.63, 3.8) is 0 Å². The van der Waals surface area contributed by atoms with E-state index < -0.39 is 0 Å². The first-order valence-corrected chi connectivity index (χ1v) is 8.48. The molecular formula is C17H28N2S. The second kappa shape index (κ2) is 6.08. The molecule has 1 saturated heterocycles. The lowest BCUT2D eigenvalue weighted by Crippen LogP contribution is -2.47. The van der Waals surface area contributed by atoms with Gasteiger partial charge in [-0.25, -0.2) is 0 Å². The van der Waals surface area contributed by atoms with Gasteiger partial charge in [-0.15, -0.1) is 0 Å². The van der Waals surface area contributed by atoms with Crippen molar-refractivity contribution in [2.75, 3.05) is 25.4 Å². The van der Waals surface area contributed by atoms with Crippen LogP contribution in [0, 0.1) is 20.8 Å². The predicted molar refractivity (Wildman–Crippen MR) is 90.6 cm³/mol. The van der Waals surface area contributed by atoms with Gasteiger partial charge in [0.25, 0.3) is 0 Å². The number of rotatable bonds is 3. The van der Waals surface area contributed by atoms with Crippen LogP contribution in [0.15, 0.2) is 12.1 Å². The number of nitrogens with two attached hydrogens (primary N) is 1. The van der Waals surface area contributed by atoms with E-state index in [0.717, 1.165) is 13.1 Å². The molecule has 20 heavy (non-hydrogen) atoms. The third-order valence-electron chi connectivity index (χ3n) is 4.19. The highest BCUT2D eigenvalue weighted by Crippen LogP contribution is 2.35. The summed E-state index contributed by atoms with van der Waals surface area (Å²) in [5, 5.41) is 0. The lowest BCUT2D eigenvalue weighted by molar-refractivity contribution is 0.191. The Labute approximate surface area is 128 Å². The molecule has 2 N–H and O–H groups in total. The summed E-state index contributed by atoms with van der Waals surface area (Å²) in [6.45, 7) is 14.3. The Hall–Kier alpha value is -0.510. The third kappa shape index (κ3) is 3.38. The molecule has 0 saturated carbocycles. The van der Waals surface area contributed by atoms with E-state index in [1.54, 1.807) is 0 Å². The Morgan fingerprint density at radius 3 is 2.35 bits per heavy atom. The van der Waals surface area contributed by atoms with Gasteiger partial charge in [-0.05, 0) is 51.3 Å². The molecule has 0 spiro atoms. The van der Waals surface area contributed by atoms with Gasteiger partial charge in [-0.3, -0.25) is 4.90 Å². The van der Waals surface area contributed by atoms with Crippen LogP contribution in [0.4, 0.5) is 0 Å². The maximum absolute atomic E-state index is 6.15. The van der Waals surface area contributed by atoms with Crippen molar-refractivity contribution in [3.05, 3.63) is 34.4 Å². The minimum atomic E-state index is 0.332. The number of benzene rings is 1. The zero-order valence-electron chi connectivity index (χ0n) is 13.5. The highest BCUT2D eigenvalue weighted by atomic mass is 32.2. The average molecular weight is 292 g/mol. The van der Waals surface area contributed by atoms with Crippen molar-refractivity contribution in [1.82, 2.24) is 4.90 Å². The monoisotopic (exact) mass is 292 g/mol. The average Bonchev–Trinajstić information content (AvgIpc) is 2.32. The lowest BCUT2D eigenvalue weighted by atomic mass is 9.92. The van der Waals surface area contributed by atoms with Gasteiger partial charge in [0.1, 0.15) is 0 Å². The van der Waals surface area contributed by atoms with Crippen molar-refractivity contribution >= 4 is 11.8 Å². The van der Waals surface area contributed by atoms with E-state index in [9.17, 15) is 0 Å². The molecule has 112 valence electrons. The molecule has 1 aromatic carbocycles. The lowest BCUT2D eigenvalue weighted by Gasteiger charge is -2.42. The summed E-state index contributed by atoms with van der Waals surface area (Å²) in [5.41, 5.74) is 11.7. The van der Waals surface area contributed by atoms with E-state index in [0.29, 0.717) is 17.3 Å². The van der Waals surface area contributed by atoms with Crippen LogP contribution in [-0.2, 0) is 0 Å². The maximum Gasteiger partial charge on any atom is 0.0476 e. The predicted octanol–water partition coefficient (Wildman–Crippen LogP) is 3.44. The molecule has 3 heteroatoms. The second-order valence-electron chi connectivity index (χ2n) is 6.64. The smallest absolute Gasteiger partial charge is 0.0476 e. The van der Waals surface area contributed by atoms with Crippen LogP contribution >= 0.6 is 11.8 Å². The van der Waals surface area contributed by atoms with Crippen molar-refractivity contribution in [1.29, 1.82) is 0 Å². The summed E-state index contributed by atoms with van der Waals surface area (Å²) in [6, 6.07) is 4.93. The van der Waals surface area contributed by atoms with Crippen LogP contribution in [0.1, 0.15) is 42.1 Å². The van der Waals surface area contributed by atoms with Gasteiger partial charge in [0.15, 0.2) is 0 Å². The molecule has 1 atom stereocenters. The van der Waals surface area contributed by atoms with Gasteiger partial charge >= 0.3 is 0 Å². The van der Waals surface area contributed by atoms with Crippen molar-refractivity contribution in [2.24, 2.45) is 5.73 Å². The maximum atomic E-state index is 6.15. The quantitative estimate of drug-likeness (QED) is 0.925. The van der Waals surface area contributed by atoms with Crippen LogP contribution in [0.25, 0.3) is 0 Å². The van der Waals surface area contributed by atoms with Gasteiger partial charge < -0.3 is 5.73 Å². The zero-order valence-corrected chi connectivity index (χ0v) is 14.3. The fourth-order valence-corrected chi connectivity index (χ4v) is 4.62. The number of hydrogen-bond acceptors (Lipinski definition) is 3. The van der Waals surface area contributed by atoms with E-state index in [1.807, 2.05) is 0 Å². The van der Waals surface area contributed by atoms with E-state index in [4.69, 9.17) is 5.73 Å². The van der Waals surface area contributed by atoms with Crippen LogP contribution in [0.5, 0.6) is 0 Å². The second-order valence-corrected chi connectivity index (χ2v) is 8.44. The SMILES string of the molecule is Cc1cc(C)c(C(CN)N2CCSC(C)(C)C2)c(C)c1. The van der Waals surface area contributed by atoms with Gasteiger partial charge in [0.2, 0.25) is 0 Å². The third-order valence-corrected chi connectivity index (χ3v) is 5.49. The highest BCUT2D eigenvalue weighted by molar-refractivity contribution is 8.00. The molecule has 0 aliphatic carbocycles. The molecule has 2 nitrogen and oxygen atoms in total. The molecule has 1 aromatic rings. The summed E-state index contributed by atoms with van der Waals surface area (Å²) in [5.74, 6) is 1.20. The first-order valence-electron chi connectivity index (χ1n) is 7.50. The fourth-order valence-electron chi connectivity index (χ4n) is 3.49. The van der Waals surface area contributed by atoms with E-state index in [-0.39, 0.29) is 0 Å². The first kappa shape index (κ1) is 15.9. The number of thioether (sulfide) groups is 1. The van der Waals surface area contributed by atoms with Gasteiger partial charge in [0, 0.05) is 36.2 Å². The van der Waals surface area contributed by atoms with Gasteiger partial charge in [0.05, 0.1) is 0 Å². The standard InChI is InChI=1S/C17H28N2S/c1-12-8-13(2)16(14(3)9-12)15(10-18)19-6-7-20-17(4,5)11-19/h8-9,15H,6-7,10-11,18H2,1-5H3. The Balaban J connectivity index is 2.33. The van der Waals surface area contributed by atoms with Gasteiger partial charge in [-0.2, -0.15) is 11.8 Å². The van der Waals surface area contributed by atoms with Crippen LogP contribution < -0.4 is 5.73 Å². The van der Waals surface area contributed by atoms with Crippen LogP contribution in [0.3, 0.4) is 0 Å². The number of hydrogen-bond donors (Lipinski definition) is 1. The minimum Gasteiger partial charge on any atom is -0.329 e. The summed E-state index contributed by atoms with van der Waals surface area (Å²) < 4.78 is 0.332. The van der Waals surface area contributed by atoms with E-state index in [1.165, 1.54) is 28.0 Å². The Kier molecular flexibility index (Phi) is 4.83. The number of aryl methyl sites for hydroxylation is 3. The zero-order chi connectivity index (χ0) is 14.9. The first-order chi connectivity index (χ1) is 9.34. The van der Waals surface area contributed by atoms with Gasteiger partial charge in [-0.1, -0.05) is 17.7 Å². The molecular weight excluding hydrogens is 264 g/mol. The fraction of sp³-hybridized carbons (Fsp3) is 0.647. The Bertz CT molecular complexity index is 459. The molecule has 0 aromatic heterocycles. The molecule has 1 aliphatic heterocycles. The van der Waals surface area contributed by atoms with E-state index in [2.05, 4.69) is 63.4 Å². The van der Waals surface area contributed by atoms with Crippen molar-refractivity contribution in [3.8, 4) is 0 Å². The molecule has 0 amide bonds. The molecule has 2 rings (SSSR count).